The fourth-order valence-electron chi connectivity index (χ4n) is 2.85. The monoisotopic (exact) mass is 365 g/mol. The number of benzene rings is 2. The number of nitrogens with one attached hydrogen (secondary N) is 1. The molecule has 7 heteroatoms. The van der Waals surface area contributed by atoms with Gasteiger partial charge in [-0.2, -0.15) is 0 Å². The van der Waals surface area contributed by atoms with Crippen LogP contribution in [0.3, 0.4) is 0 Å². The van der Waals surface area contributed by atoms with E-state index in [1.54, 1.807) is 50.4 Å². The van der Waals surface area contributed by atoms with Crippen LogP contribution in [0.5, 0.6) is 5.75 Å². The first-order valence-corrected chi connectivity index (χ1v) is 8.50. The van der Waals surface area contributed by atoms with Crippen LogP contribution in [0.15, 0.2) is 54.7 Å². The second-order valence-corrected chi connectivity index (χ2v) is 6.53. The van der Waals surface area contributed by atoms with Crippen LogP contribution in [-0.4, -0.2) is 20.9 Å². The van der Waals surface area contributed by atoms with Crippen molar-refractivity contribution < 1.29 is 14.8 Å². The minimum Gasteiger partial charge on any atom is -0.505 e. The van der Waals surface area contributed by atoms with E-state index < -0.39 is 11.0 Å². The molecule has 1 amide bonds. The van der Waals surface area contributed by atoms with E-state index >= 15 is 0 Å². The fraction of sp³-hybridized carbons (Fsp3) is 0.200. The summed E-state index contributed by atoms with van der Waals surface area (Å²) in [6.45, 7) is 3.50. The van der Waals surface area contributed by atoms with E-state index in [1.807, 2.05) is 6.07 Å². The van der Waals surface area contributed by atoms with Crippen LogP contribution in [0.2, 0.25) is 0 Å². The molecule has 0 bridgehead atoms. The smallest absolute Gasteiger partial charge is 0.269 e. The molecule has 1 atom stereocenters. The number of amides is 1. The number of phenols is 1. The summed E-state index contributed by atoms with van der Waals surface area (Å²) in [5, 5.41) is 25.5. The molecule has 0 spiro atoms. The Balaban J connectivity index is 2.16. The maximum absolute atomic E-state index is 12.4. The highest BCUT2D eigenvalue weighted by Crippen LogP contribution is 2.35. The summed E-state index contributed by atoms with van der Waals surface area (Å²) in [6, 6.07) is 12.3. The highest BCUT2D eigenvalue weighted by atomic mass is 16.6. The van der Waals surface area contributed by atoms with Crippen molar-refractivity contribution in [3.8, 4) is 5.75 Å². The van der Waals surface area contributed by atoms with Crippen LogP contribution in [-0.2, 0) is 4.79 Å². The van der Waals surface area contributed by atoms with Crippen molar-refractivity contribution in [2.45, 2.75) is 19.9 Å². The third kappa shape index (κ3) is 3.72. The Labute approximate surface area is 155 Å². The van der Waals surface area contributed by atoms with Crippen LogP contribution in [0.4, 0.5) is 5.69 Å². The number of fused-ring (bicyclic) bond motifs is 1. The third-order valence-electron chi connectivity index (χ3n) is 4.32. The van der Waals surface area contributed by atoms with Crippen molar-refractivity contribution in [3.05, 3.63) is 76.0 Å². The van der Waals surface area contributed by atoms with Gasteiger partial charge in [0.25, 0.3) is 5.69 Å². The number of nitro benzene ring substituents is 1. The molecule has 1 heterocycles. The molecule has 138 valence electrons. The van der Waals surface area contributed by atoms with Crippen molar-refractivity contribution in [3.63, 3.8) is 0 Å². The minimum absolute atomic E-state index is 0.0614. The molecular formula is C20H19N3O4. The molecule has 0 aliphatic rings. The molecule has 2 aromatic carbocycles. The van der Waals surface area contributed by atoms with Gasteiger partial charge in [0, 0.05) is 35.2 Å². The lowest BCUT2D eigenvalue weighted by atomic mass is 9.95. The number of phenolic OH excluding ortho intramolecular Hbond substituents is 1. The molecule has 0 aliphatic carbocycles. The van der Waals surface area contributed by atoms with Gasteiger partial charge >= 0.3 is 0 Å². The van der Waals surface area contributed by atoms with E-state index in [9.17, 15) is 20.0 Å². The second-order valence-electron chi connectivity index (χ2n) is 6.53. The van der Waals surface area contributed by atoms with E-state index in [4.69, 9.17) is 0 Å². The molecule has 3 aromatic rings. The number of nitrogens with zero attached hydrogens (tertiary/aromatic N) is 2. The highest BCUT2D eigenvalue weighted by molar-refractivity contribution is 5.86. The topological polar surface area (TPSA) is 105 Å². The number of nitro groups is 1. The van der Waals surface area contributed by atoms with Crippen LogP contribution < -0.4 is 5.32 Å². The van der Waals surface area contributed by atoms with Crippen molar-refractivity contribution in [1.29, 1.82) is 0 Å². The maximum Gasteiger partial charge on any atom is 0.269 e. The van der Waals surface area contributed by atoms with Crippen molar-refractivity contribution in [2.24, 2.45) is 5.92 Å². The molecule has 0 unspecified atom stereocenters. The summed E-state index contributed by atoms with van der Waals surface area (Å²) >= 11 is 0. The van der Waals surface area contributed by atoms with Gasteiger partial charge in [-0.05, 0) is 11.6 Å². The van der Waals surface area contributed by atoms with E-state index in [-0.39, 0.29) is 23.3 Å². The lowest BCUT2D eigenvalue weighted by molar-refractivity contribution is -0.384. The molecule has 0 radical (unpaired) electrons. The first kappa shape index (κ1) is 18.3. The first-order valence-electron chi connectivity index (χ1n) is 8.50. The molecule has 0 aliphatic heterocycles. The highest BCUT2D eigenvalue weighted by Gasteiger charge is 2.24. The zero-order valence-corrected chi connectivity index (χ0v) is 14.9. The van der Waals surface area contributed by atoms with Gasteiger partial charge in [0.15, 0.2) is 0 Å². The number of rotatable bonds is 5. The first-order chi connectivity index (χ1) is 12.9. The van der Waals surface area contributed by atoms with Crippen molar-refractivity contribution in [1.82, 2.24) is 10.3 Å². The summed E-state index contributed by atoms with van der Waals surface area (Å²) in [5.74, 6) is -0.576. The number of carbonyl (C=O) groups excluding carboxylic acids is 1. The number of aromatic hydroxyl groups is 1. The van der Waals surface area contributed by atoms with E-state index in [1.165, 1.54) is 12.1 Å². The summed E-state index contributed by atoms with van der Waals surface area (Å²) < 4.78 is 0. The third-order valence-corrected chi connectivity index (χ3v) is 4.32. The van der Waals surface area contributed by atoms with Crippen LogP contribution in [0.1, 0.15) is 31.0 Å². The largest absolute Gasteiger partial charge is 0.505 e. The molecule has 2 N–H and O–H groups in total. The summed E-state index contributed by atoms with van der Waals surface area (Å²) in [4.78, 5) is 27.2. The lowest BCUT2D eigenvalue weighted by Crippen LogP contribution is -2.32. The van der Waals surface area contributed by atoms with E-state index in [0.717, 1.165) is 5.39 Å². The predicted octanol–water partition coefficient (Wildman–Crippen LogP) is 3.71. The SMILES string of the molecule is CC(C)C(=O)N[C@@H](c1cccc([N+](=O)[O-])c1)c1ccc2cccnc2c1O. The van der Waals surface area contributed by atoms with Gasteiger partial charge in [-0.3, -0.25) is 19.9 Å². The van der Waals surface area contributed by atoms with Gasteiger partial charge in [-0.25, -0.2) is 0 Å². The molecule has 1 aromatic heterocycles. The average Bonchev–Trinajstić information content (AvgIpc) is 2.67. The number of hydrogen-bond donors (Lipinski definition) is 2. The summed E-state index contributed by atoms with van der Waals surface area (Å²) in [7, 11) is 0. The van der Waals surface area contributed by atoms with Crippen molar-refractivity contribution >= 4 is 22.5 Å². The number of carbonyl (C=O) groups is 1. The Morgan fingerprint density at radius 3 is 2.67 bits per heavy atom. The molecule has 0 saturated carbocycles. The predicted molar refractivity (Wildman–Crippen MR) is 101 cm³/mol. The fourth-order valence-corrected chi connectivity index (χ4v) is 2.85. The van der Waals surface area contributed by atoms with Crippen molar-refractivity contribution in [2.75, 3.05) is 0 Å². The number of non-ortho nitro benzene ring substituents is 1. The van der Waals surface area contributed by atoms with E-state index in [2.05, 4.69) is 10.3 Å². The Morgan fingerprint density at radius 2 is 1.96 bits per heavy atom. The maximum atomic E-state index is 12.4. The standard InChI is InChI=1S/C20H19N3O4/c1-12(2)20(25)22-17(14-5-3-7-15(11-14)23(26)27)16-9-8-13-6-4-10-21-18(13)19(16)24/h3-12,17,24H,1-2H3,(H,22,25)/t17-/m0/s1. The molecule has 0 saturated heterocycles. The van der Waals surface area contributed by atoms with Gasteiger partial charge in [0.1, 0.15) is 11.3 Å². The summed E-state index contributed by atoms with van der Waals surface area (Å²) in [6.07, 6.45) is 1.57. The van der Waals surface area contributed by atoms with Gasteiger partial charge in [0.05, 0.1) is 11.0 Å². The number of pyridine rings is 1. The Morgan fingerprint density at radius 1 is 1.19 bits per heavy atom. The van der Waals surface area contributed by atoms with Crippen LogP contribution >= 0.6 is 0 Å². The van der Waals surface area contributed by atoms with Gasteiger partial charge in [0.2, 0.25) is 5.91 Å². The Hall–Kier alpha value is -3.48. The van der Waals surface area contributed by atoms with Gasteiger partial charge in [-0.15, -0.1) is 0 Å². The molecule has 7 nitrogen and oxygen atoms in total. The Bertz CT molecular complexity index is 1020. The van der Waals surface area contributed by atoms with Crippen LogP contribution in [0, 0.1) is 16.0 Å². The quantitative estimate of drug-likeness (QED) is 0.530. The second kappa shape index (κ2) is 7.41. The zero-order chi connectivity index (χ0) is 19.6. The van der Waals surface area contributed by atoms with Gasteiger partial charge < -0.3 is 10.4 Å². The molecule has 0 fully saturated rings. The normalized spacial score (nSPS) is 12.1. The zero-order valence-electron chi connectivity index (χ0n) is 14.9. The number of aromatic nitrogens is 1. The lowest BCUT2D eigenvalue weighted by Gasteiger charge is -2.22. The minimum atomic E-state index is -0.744. The average molecular weight is 365 g/mol. The van der Waals surface area contributed by atoms with Crippen LogP contribution in [0.25, 0.3) is 10.9 Å². The number of hydrogen-bond acceptors (Lipinski definition) is 5. The van der Waals surface area contributed by atoms with Gasteiger partial charge in [-0.1, -0.05) is 44.2 Å². The summed E-state index contributed by atoms with van der Waals surface area (Å²) in [5.41, 5.74) is 1.25. The van der Waals surface area contributed by atoms with E-state index in [0.29, 0.717) is 16.6 Å². The molecule has 27 heavy (non-hydrogen) atoms. The molecular weight excluding hydrogens is 346 g/mol. The molecule has 3 rings (SSSR count). The Kier molecular flexibility index (Phi) is 5.03.